The smallest absolute Gasteiger partial charge is 0.261 e. The van der Waals surface area contributed by atoms with E-state index in [2.05, 4.69) is 5.32 Å². The topological polar surface area (TPSA) is 58.6 Å². The molecule has 0 spiro atoms. The average Bonchev–Trinajstić information content (AvgIpc) is 2.70. The number of nitrogens with zero attached hydrogens (tertiary/aromatic N) is 1. The van der Waals surface area contributed by atoms with Gasteiger partial charge in [-0.05, 0) is 44.0 Å². The lowest BCUT2D eigenvalue weighted by atomic mass is 10.1. The predicted octanol–water partition coefficient (Wildman–Crippen LogP) is 3.97. The molecule has 6 heteroatoms. The van der Waals surface area contributed by atoms with Crippen molar-refractivity contribution in [2.45, 2.75) is 39.8 Å². The van der Waals surface area contributed by atoms with Crippen molar-refractivity contribution in [2.24, 2.45) is 0 Å². The molecule has 5 nitrogen and oxygen atoms in total. The minimum Gasteiger partial charge on any atom is -0.484 e. The molecule has 0 aliphatic rings. The largest absolute Gasteiger partial charge is 0.484 e. The first kappa shape index (κ1) is 21.8. The Labute approximate surface area is 171 Å². The highest BCUT2D eigenvalue weighted by Gasteiger charge is 2.26. The zero-order valence-corrected chi connectivity index (χ0v) is 17.3. The van der Waals surface area contributed by atoms with Crippen LogP contribution >= 0.6 is 11.6 Å². The molecule has 0 heterocycles. The molecule has 2 aromatic carbocycles. The molecule has 2 aromatic rings. The second-order valence-electron chi connectivity index (χ2n) is 6.68. The van der Waals surface area contributed by atoms with Crippen molar-refractivity contribution in [3.63, 3.8) is 0 Å². The van der Waals surface area contributed by atoms with Gasteiger partial charge in [0.15, 0.2) is 6.61 Å². The molecule has 0 aliphatic heterocycles. The van der Waals surface area contributed by atoms with Crippen molar-refractivity contribution < 1.29 is 14.3 Å². The summed E-state index contributed by atoms with van der Waals surface area (Å²) in [6, 6.07) is 14.1. The predicted molar refractivity (Wildman–Crippen MR) is 111 cm³/mol. The Morgan fingerprint density at radius 3 is 2.46 bits per heavy atom. The number of benzene rings is 2. The molecule has 0 bridgehead atoms. The summed E-state index contributed by atoms with van der Waals surface area (Å²) >= 11 is 6.26. The van der Waals surface area contributed by atoms with E-state index in [9.17, 15) is 9.59 Å². The summed E-state index contributed by atoms with van der Waals surface area (Å²) in [5.41, 5.74) is 1.89. The number of nitrogens with one attached hydrogen (secondary N) is 1. The Kier molecular flexibility index (Phi) is 8.33. The summed E-state index contributed by atoms with van der Waals surface area (Å²) < 4.78 is 5.63. The van der Waals surface area contributed by atoms with Crippen LogP contribution in [0, 0.1) is 6.92 Å². The first-order valence-corrected chi connectivity index (χ1v) is 9.80. The maximum atomic E-state index is 12.9. The fraction of sp³-hybridized carbons (Fsp3) is 0.364. The standard InChI is InChI=1S/C22H27ClN2O3/c1-4-13-24-22(27)17(3)25(14-18-7-5-6-8-20(18)23)21(26)15-28-19-11-9-16(2)10-12-19/h5-12,17H,4,13-15H2,1-3H3,(H,24,27)/t17-/m1/s1. The number of carbonyl (C=O) groups is 2. The van der Waals surface area contributed by atoms with Gasteiger partial charge in [0, 0.05) is 18.1 Å². The second kappa shape index (κ2) is 10.7. The third kappa shape index (κ3) is 6.27. The van der Waals surface area contributed by atoms with Crippen LogP contribution in [0.25, 0.3) is 0 Å². The summed E-state index contributed by atoms with van der Waals surface area (Å²) in [7, 11) is 0. The molecule has 2 amide bonds. The SMILES string of the molecule is CCCNC(=O)[C@@H](C)N(Cc1ccccc1Cl)C(=O)COc1ccc(C)cc1. The molecule has 0 saturated heterocycles. The molecule has 0 aromatic heterocycles. The van der Waals surface area contributed by atoms with Crippen LogP contribution < -0.4 is 10.1 Å². The van der Waals surface area contributed by atoms with Gasteiger partial charge in [-0.1, -0.05) is 54.4 Å². The molecule has 0 aliphatic carbocycles. The van der Waals surface area contributed by atoms with E-state index in [-0.39, 0.29) is 25.0 Å². The van der Waals surface area contributed by atoms with E-state index in [0.717, 1.165) is 17.5 Å². The maximum absolute atomic E-state index is 12.9. The van der Waals surface area contributed by atoms with Gasteiger partial charge < -0.3 is 15.0 Å². The van der Waals surface area contributed by atoms with Gasteiger partial charge in [-0.25, -0.2) is 0 Å². The van der Waals surface area contributed by atoms with Crippen molar-refractivity contribution in [3.05, 3.63) is 64.7 Å². The molecule has 2 rings (SSSR count). The lowest BCUT2D eigenvalue weighted by Crippen LogP contribution is -2.49. The van der Waals surface area contributed by atoms with Gasteiger partial charge in [0.2, 0.25) is 5.91 Å². The van der Waals surface area contributed by atoms with E-state index in [1.165, 1.54) is 4.90 Å². The summed E-state index contributed by atoms with van der Waals surface area (Å²) in [5, 5.41) is 3.40. The van der Waals surface area contributed by atoms with Gasteiger partial charge in [0.25, 0.3) is 5.91 Å². The van der Waals surface area contributed by atoms with E-state index in [0.29, 0.717) is 17.3 Å². The highest BCUT2D eigenvalue weighted by atomic mass is 35.5. The minimum atomic E-state index is -0.642. The molecule has 1 atom stereocenters. The van der Waals surface area contributed by atoms with Crippen molar-refractivity contribution >= 4 is 23.4 Å². The Hall–Kier alpha value is -2.53. The van der Waals surface area contributed by atoms with E-state index in [4.69, 9.17) is 16.3 Å². The maximum Gasteiger partial charge on any atom is 0.261 e. The van der Waals surface area contributed by atoms with Crippen molar-refractivity contribution in [3.8, 4) is 5.75 Å². The normalized spacial score (nSPS) is 11.6. The van der Waals surface area contributed by atoms with Gasteiger partial charge in [-0.15, -0.1) is 0 Å². The number of rotatable bonds is 9. The Morgan fingerprint density at radius 2 is 1.82 bits per heavy atom. The Balaban J connectivity index is 2.13. The minimum absolute atomic E-state index is 0.154. The van der Waals surface area contributed by atoms with Crippen LogP contribution in [-0.4, -0.2) is 35.9 Å². The van der Waals surface area contributed by atoms with E-state index >= 15 is 0 Å². The summed E-state index contributed by atoms with van der Waals surface area (Å²) in [6.45, 7) is 6.32. The second-order valence-corrected chi connectivity index (χ2v) is 7.09. The first-order chi connectivity index (χ1) is 13.4. The number of hydrogen-bond acceptors (Lipinski definition) is 3. The van der Waals surface area contributed by atoms with Crippen molar-refractivity contribution in [1.82, 2.24) is 10.2 Å². The van der Waals surface area contributed by atoms with E-state index < -0.39 is 6.04 Å². The van der Waals surface area contributed by atoms with Crippen LogP contribution in [-0.2, 0) is 16.1 Å². The zero-order valence-electron chi connectivity index (χ0n) is 16.6. The summed E-state index contributed by atoms with van der Waals surface area (Å²) in [5.74, 6) is 0.136. The molecule has 0 unspecified atom stereocenters. The summed E-state index contributed by atoms with van der Waals surface area (Å²) in [4.78, 5) is 26.9. The number of halogens is 1. The zero-order chi connectivity index (χ0) is 20.5. The van der Waals surface area contributed by atoms with Crippen LogP contribution in [0.2, 0.25) is 5.02 Å². The van der Waals surface area contributed by atoms with Crippen LogP contribution in [0.5, 0.6) is 5.75 Å². The van der Waals surface area contributed by atoms with Gasteiger partial charge >= 0.3 is 0 Å². The lowest BCUT2D eigenvalue weighted by molar-refractivity contribution is -0.142. The third-order valence-corrected chi connectivity index (χ3v) is 4.77. The van der Waals surface area contributed by atoms with E-state index in [1.54, 1.807) is 13.0 Å². The van der Waals surface area contributed by atoms with Crippen LogP contribution in [0.15, 0.2) is 48.5 Å². The number of hydrogen-bond donors (Lipinski definition) is 1. The van der Waals surface area contributed by atoms with Gasteiger partial charge in [-0.3, -0.25) is 9.59 Å². The highest BCUT2D eigenvalue weighted by molar-refractivity contribution is 6.31. The Morgan fingerprint density at radius 1 is 1.14 bits per heavy atom. The van der Waals surface area contributed by atoms with E-state index in [1.807, 2.05) is 56.3 Å². The number of carbonyl (C=O) groups excluding carboxylic acids is 2. The molecular formula is C22H27ClN2O3. The molecule has 28 heavy (non-hydrogen) atoms. The summed E-state index contributed by atoms with van der Waals surface area (Å²) in [6.07, 6.45) is 0.827. The van der Waals surface area contributed by atoms with Crippen molar-refractivity contribution in [1.29, 1.82) is 0 Å². The fourth-order valence-electron chi connectivity index (χ4n) is 2.65. The van der Waals surface area contributed by atoms with Crippen LogP contribution in [0.4, 0.5) is 0 Å². The molecule has 150 valence electrons. The van der Waals surface area contributed by atoms with Gasteiger partial charge in [0.05, 0.1) is 0 Å². The average molecular weight is 403 g/mol. The first-order valence-electron chi connectivity index (χ1n) is 9.42. The van der Waals surface area contributed by atoms with Crippen LogP contribution in [0.1, 0.15) is 31.4 Å². The number of ether oxygens (including phenoxy) is 1. The van der Waals surface area contributed by atoms with Crippen LogP contribution in [0.3, 0.4) is 0 Å². The third-order valence-electron chi connectivity index (χ3n) is 4.40. The molecule has 0 saturated carbocycles. The molecular weight excluding hydrogens is 376 g/mol. The molecule has 1 N–H and O–H groups in total. The highest BCUT2D eigenvalue weighted by Crippen LogP contribution is 2.19. The lowest BCUT2D eigenvalue weighted by Gasteiger charge is -2.29. The van der Waals surface area contributed by atoms with Crippen molar-refractivity contribution in [2.75, 3.05) is 13.2 Å². The Bertz CT molecular complexity index is 793. The van der Waals surface area contributed by atoms with Gasteiger partial charge in [-0.2, -0.15) is 0 Å². The fourth-order valence-corrected chi connectivity index (χ4v) is 2.85. The monoisotopic (exact) mass is 402 g/mol. The molecule has 0 radical (unpaired) electrons. The molecule has 0 fully saturated rings. The number of aryl methyl sites for hydroxylation is 1. The quantitative estimate of drug-likeness (QED) is 0.690. The number of amides is 2. The van der Waals surface area contributed by atoms with Gasteiger partial charge in [0.1, 0.15) is 11.8 Å².